The van der Waals surface area contributed by atoms with Gasteiger partial charge in [0.25, 0.3) is 0 Å². The highest BCUT2D eigenvalue weighted by molar-refractivity contribution is 8.00. The van der Waals surface area contributed by atoms with Crippen LogP contribution in [-0.2, 0) is 0 Å². The lowest BCUT2D eigenvalue weighted by Crippen LogP contribution is -2.14. The summed E-state index contributed by atoms with van der Waals surface area (Å²) in [4.78, 5) is 17.1. The average Bonchev–Trinajstić information content (AvgIpc) is 2.36. The van der Waals surface area contributed by atoms with E-state index >= 15 is 0 Å². The third-order valence-corrected chi connectivity index (χ3v) is 2.01. The van der Waals surface area contributed by atoms with Crippen molar-refractivity contribution in [2.75, 3.05) is 12.3 Å². The van der Waals surface area contributed by atoms with Crippen LogP contribution in [0.3, 0.4) is 0 Å². The Morgan fingerprint density at radius 3 is 1.64 bits per heavy atom. The highest BCUT2D eigenvalue weighted by atomic mass is 32.2. The lowest BCUT2D eigenvalue weighted by molar-refractivity contribution is 0.135. The van der Waals surface area contributed by atoms with E-state index in [9.17, 15) is 0 Å². The zero-order valence-electron chi connectivity index (χ0n) is 7.51. The van der Waals surface area contributed by atoms with Gasteiger partial charge in [-0.2, -0.15) is 0 Å². The minimum absolute atomic E-state index is 0.713. The second kappa shape index (κ2) is 9.93. The molecule has 1 unspecified atom stereocenters. The molecule has 1 saturated heterocycles. The molecule has 1 fully saturated rings. The lowest BCUT2D eigenvalue weighted by Gasteiger charge is -1.94. The van der Waals surface area contributed by atoms with Gasteiger partial charge < -0.3 is 25.7 Å². The van der Waals surface area contributed by atoms with Crippen molar-refractivity contribution < 1.29 is 30.0 Å². The molecule has 0 spiro atoms. The fourth-order valence-corrected chi connectivity index (χ4v) is 1.38. The first kappa shape index (κ1) is 15.3. The van der Waals surface area contributed by atoms with E-state index in [1.165, 1.54) is 12.3 Å². The van der Waals surface area contributed by atoms with Crippen molar-refractivity contribution in [3.63, 3.8) is 0 Å². The molecule has 1 rings (SSSR count). The molecule has 0 aromatic rings. The Labute approximate surface area is 84.7 Å². The van der Waals surface area contributed by atoms with Crippen LogP contribution in [0.5, 0.6) is 0 Å². The summed E-state index contributed by atoms with van der Waals surface area (Å²) in [5.41, 5.74) is 0. The molecule has 14 heavy (non-hydrogen) atoms. The maximum atomic E-state index is 8.56. The first-order chi connectivity index (χ1) is 6.36. The molecular weight excluding hydrogens is 214 g/mol. The van der Waals surface area contributed by atoms with Crippen LogP contribution in [0.1, 0.15) is 6.92 Å². The predicted molar refractivity (Wildman–Crippen MR) is 51.2 cm³/mol. The Morgan fingerprint density at radius 2 is 1.57 bits per heavy atom. The summed E-state index contributed by atoms with van der Waals surface area (Å²) in [6.07, 6.45) is -3.67. The smallest absolute Gasteiger partial charge is 0.450 e. The molecule has 0 aliphatic carbocycles. The number of carboxylic acid groups (broad SMARTS) is 4. The summed E-state index contributed by atoms with van der Waals surface area (Å²) in [5, 5.41) is 31.9. The van der Waals surface area contributed by atoms with E-state index in [1.54, 1.807) is 0 Å². The van der Waals surface area contributed by atoms with Crippen molar-refractivity contribution in [2.24, 2.45) is 0 Å². The molecule has 1 heterocycles. The van der Waals surface area contributed by atoms with Gasteiger partial charge >= 0.3 is 12.3 Å². The topological polar surface area (TPSA) is 127 Å². The van der Waals surface area contributed by atoms with Gasteiger partial charge in [0.2, 0.25) is 0 Å². The second-order valence-electron chi connectivity index (χ2n) is 2.03. The minimum atomic E-state index is -1.83. The molecule has 0 bridgehead atoms. The molecule has 0 radical (unpaired) electrons. The van der Waals surface area contributed by atoms with Crippen molar-refractivity contribution in [3.05, 3.63) is 0 Å². The van der Waals surface area contributed by atoms with Crippen molar-refractivity contribution in [1.82, 2.24) is 5.32 Å². The van der Waals surface area contributed by atoms with Gasteiger partial charge in [-0.1, -0.05) is 0 Å². The van der Waals surface area contributed by atoms with Crippen LogP contribution in [0.25, 0.3) is 0 Å². The monoisotopic (exact) mass is 227 g/mol. The van der Waals surface area contributed by atoms with Crippen molar-refractivity contribution in [1.29, 1.82) is 0 Å². The lowest BCUT2D eigenvalue weighted by atomic mass is 10.7. The Balaban J connectivity index is 0. The quantitative estimate of drug-likeness (QED) is 0.416. The van der Waals surface area contributed by atoms with Gasteiger partial charge in [-0.05, 0) is 6.92 Å². The van der Waals surface area contributed by atoms with E-state index in [1.807, 2.05) is 11.8 Å². The molecule has 0 saturated carbocycles. The van der Waals surface area contributed by atoms with E-state index < -0.39 is 12.3 Å². The molecule has 8 heteroatoms. The van der Waals surface area contributed by atoms with Gasteiger partial charge in [-0.3, -0.25) is 0 Å². The highest BCUT2D eigenvalue weighted by Crippen LogP contribution is 2.10. The van der Waals surface area contributed by atoms with Crippen molar-refractivity contribution in [2.45, 2.75) is 12.3 Å². The van der Waals surface area contributed by atoms with Gasteiger partial charge in [-0.25, -0.2) is 9.59 Å². The molecule has 5 N–H and O–H groups in total. The van der Waals surface area contributed by atoms with Gasteiger partial charge in [0.15, 0.2) is 0 Å². The maximum Gasteiger partial charge on any atom is 0.503 e. The van der Waals surface area contributed by atoms with Crippen molar-refractivity contribution in [3.8, 4) is 0 Å². The van der Waals surface area contributed by atoms with Crippen LogP contribution >= 0.6 is 11.8 Å². The van der Waals surface area contributed by atoms with E-state index in [0.717, 1.165) is 0 Å². The van der Waals surface area contributed by atoms with Gasteiger partial charge in [-0.15, -0.1) is 11.8 Å². The first-order valence-corrected chi connectivity index (χ1v) is 4.60. The minimum Gasteiger partial charge on any atom is -0.450 e. The number of hydrogen-bond donors (Lipinski definition) is 5. The molecule has 1 atom stereocenters. The third kappa shape index (κ3) is 30.8. The standard InChI is InChI=1S/C4H9NS.2CH2O3/c1-4-5-2-3-6-4;2*2-1(3)4/h4-5H,2-3H2,1H3;2*(H2,2,3,4). The Hall–Kier alpha value is -1.15. The second-order valence-corrected chi connectivity index (χ2v) is 3.48. The average molecular weight is 227 g/mol. The Morgan fingerprint density at radius 1 is 1.21 bits per heavy atom. The van der Waals surface area contributed by atoms with Crippen LogP contribution < -0.4 is 5.32 Å². The fraction of sp³-hybridized carbons (Fsp3) is 0.667. The number of carbonyl (C=O) groups is 2. The van der Waals surface area contributed by atoms with E-state index in [-0.39, 0.29) is 0 Å². The number of hydrogen-bond acceptors (Lipinski definition) is 4. The summed E-state index contributed by atoms with van der Waals surface area (Å²) < 4.78 is 0. The van der Waals surface area contributed by atoms with E-state index in [2.05, 4.69) is 12.2 Å². The van der Waals surface area contributed by atoms with Crippen LogP contribution in [-0.4, -0.2) is 50.4 Å². The summed E-state index contributed by atoms with van der Waals surface area (Å²) in [6.45, 7) is 3.39. The van der Waals surface area contributed by atoms with Gasteiger partial charge in [0, 0.05) is 12.3 Å². The number of nitrogens with one attached hydrogen (secondary N) is 1. The zero-order valence-corrected chi connectivity index (χ0v) is 8.32. The predicted octanol–water partition coefficient (Wildman–Crippen LogP) is 1.11. The summed E-state index contributed by atoms with van der Waals surface area (Å²) in [6, 6.07) is 0. The molecule has 0 aromatic carbocycles. The molecule has 84 valence electrons. The summed E-state index contributed by atoms with van der Waals surface area (Å²) >= 11 is 1.99. The molecular formula is C6H13NO6S. The molecule has 0 aromatic heterocycles. The highest BCUT2D eigenvalue weighted by Gasteiger charge is 2.05. The summed E-state index contributed by atoms with van der Waals surface area (Å²) in [7, 11) is 0. The van der Waals surface area contributed by atoms with Crippen LogP contribution in [0.4, 0.5) is 9.59 Å². The third-order valence-electron chi connectivity index (χ3n) is 0.902. The van der Waals surface area contributed by atoms with E-state index in [0.29, 0.717) is 5.37 Å². The van der Waals surface area contributed by atoms with Crippen LogP contribution in [0, 0.1) is 0 Å². The normalized spacial score (nSPS) is 18.2. The molecule has 1 aliphatic heterocycles. The van der Waals surface area contributed by atoms with Gasteiger partial charge in [0.05, 0.1) is 5.37 Å². The van der Waals surface area contributed by atoms with Gasteiger partial charge in [0.1, 0.15) is 0 Å². The molecule has 0 amide bonds. The molecule has 7 nitrogen and oxygen atoms in total. The van der Waals surface area contributed by atoms with Crippen LogP contribution in [0.2, 0.25) is 0 Å². The zero-order chi connectivity index (χ0) is 11.6. The fourth-order valence-electron chi connectivity index (χ4n) is 0.557. The Kier molecular flexibility index (Phi) is 10.9. The maximum absolute atomic E-state index is 8.56. The van der Waals surface area contributed by atoms with E-state index in [4.69, 9.17) is 30.0 Å². The Bertz CT molecular complexity index is 150. The van der Waals surface area contributed by atoms with Crippen LogP contribution in [0.15, 0.2) is 0 Å². The summed E-state index contributed by atoms with van der Waals surface area (Å²) in [5.74, 6) is 1.29. The number of rotatable bonds is 0. The van der Waals surface area contributed by atoms with Crippen molar-refractivity contribution >= 4 is 24.1 Å². The first-order valence-electron chi connectivity index (χ1n) is 3.55. The SMILES string of the molecule is CC1NCCS1.O=C(O)O.O=C(O)O. The molecule has 1 aliphatic rings. The largest absolute Gasteiger partial charge is 0.503 e. The number of thioether (sulfide) groups is 1.